The highest BCUT2D eigenvalue weighted by atomic mass is 16.2. The van der Waals surface area contributed by atoms with E-state index in [-0.39, 0.29) is 36.3 Å². The van der Waals surface area contributed by atoms with Crippen LogP contribution in [0.25, 0.3) is 0 Å². The van der Waals surface area contributed by atoms with Crippen LogP contribution in [0.5, 0.6) is 0 Å². The fourth-order valence-corrected chi connectivity index (χ4v) is 4.02. The van der Waals surface area contributed by atoms with Gasteiger partial charge in [-0.3, -0.25) is 14.4 Å². The number of anilines is 3. The van der Waals surface area contributed by atoms with E-state index in [4.69, 9.17) is 0 Å². The van der Waals surface area contributed by atoms with Crippen LogP contribution in [0.3, 0.4) is 0 Å². The average Bonchev–Trinajstić information content (AvgIpc) is 3.61. The molecule has 2 aromatic carbocycles. The molecule has 2 aromatic rings. The number of hydrogen-bond donors (Lipinski definition) is 2. The lowest BCUT2D eigenvalue weighted by atomic mass is 10.1. The van der Waals surface area contributed by atoms with Gasteiger partial charge in [-0.1, -0.05) is 18.2 Å². The third-order valence-corrected chi connectivity index (χ3v) is 6.12. The van der Waals surface area contributed by atoms with Crippen molar-refractivity contribution < 1.29 is 14.4 Å². The number of nitrogens with zero attached hydrogens (tertiary/aromatic N) is 3. The van der Waals surface area contributed by atoms with Crippen LogP contribution in [0, 0.1) is 18.3 Å². The molecule has 0 atom stereocenters. The van der Waals surface area contributed by atoms with Crippen LogP contribution in [0.2, 0.25) is 0 Å². The molecule has 8 nitrogen and oxygen atoms in total. The Bertz CT molecular complexity index is 1210. The monoisotopic (exact) mass is 457 g/mol. The minimum atomic E-state index is -0.395. The number of hydrogen-bond acceptors (Lipinski definition) is 6. The lowest BCUT2D eigenvalue weighted by Gasteiger charge is -2.20. The molecule has 4 rings (SSSR count). The Labute approximate surface area is 198 Å². The number of benzene rings is 2. The Morgan fingerprint density at radius 1 is 1.03 bits per heavy atom. The van der Waals surface area contributed by atoms with Gasteiger partial charge >= 0.3 is 0 Å². The third kappa shape index (κ3) is 4.64. The van der Waals surface area contributed by atoms with Crippen molar-refractivity contribution in [3.63, 3.8) is 0 Å². The largest absolute Gasteiger partial charge is 0.349 e. The predicted molar refractivity (Wildman–Crippen MR) is 130 cm³/mol. The Morgan fingerprint density at radius 2 is 1.68 bits per heavy atom. The van der Waals surface area contributed by atoms with Crippen molar-refractivity contribution in [2.24, 2.45) is 0 Å². The predicted octanol–water partition coefficient (Wildman–Crippen LogP) is 3.50. The molecule has 174 valence electrons. The van der Waals surface area contributed by atoms with Crippen molar-refractivity contribution in [2.75, 3.05) is 29.2 Å². The number of ketones is 1. The van der Waals surface area contributed by atoms with Gasteiger partial charge in [0.2, 0.25) is 5.91 Å². The van der Waals surface area contributed by atoms with Crippen molar-refractivity contribution >= 4 is 34.7 Å². The number of para-hydroxylation sites is 2. The number of fused-ring (bicyclic) bond motifs is 1. The van der Waals surface area contributed by atoms with Crippen LogP contribution in [-0.2, 0) is 9.59 Å². The maximum atomic E-state index is 12.9. The maximum Gasteiger partial charge on any atom is 0.251 e. The molecule has 0 saturated heterocycles. The van der Waals surface area contributed by atoms with E-state index in [1.165, 1.54) is 0 Å². The Hall–Kier alpha value is -4.12. The normalized spacial score (nSPS) is 14.4. The zero-order valence-electron chi connectivity index (χ0n) is 19.5. The minimum Gasteiger partial charge on any atom is -0.349 e. The molecule has 1 aliphatic carbocycles. The van der Waals surface area contributed by atoms with Crippen molar-refractivity contribution in [2.45, 2.75) is 38.6 Å². The first-order valence-corrected chi connectivity index (χ1v) is 11.3. The van der Waals surface area contributed by atoms with E-state index in [1.54, 1.807) is 18.2 Å². The van der Waals surface area contributed by atoms with E-state index >= 15 is 0 Å². The van der Waals surface area contributed by atoms with E-state index in [9.17, 15) is 19.6 Å². The Kier molecular flexibility index (Phi) is 6.37. The Morgan fingerprint density at radius 3 is 2.26 bits per heavy atom. The number of nitriles is 1. The van der Waals surface area contributed by atoms with E-state index in [2.05, 4.69) is 10.6 Å². The van der Waals surface area contributed by atoms with E-state index in [0.29, 0.717) is 17.1 Å². The molecular formula is C26H27N5O3. The molecule has 2 amide bonds. The van der Waals surface area contributed by atoms with Gasteiger partial charge in [-0.05, 0) is 49.6 Å². The van der Waals surface area contributed by atoms with E-state index in [1.807, 2.05) is 61.2 Å². The maximum absolute atomic E-state index is 12.9. The summed E-state index contributed by atoms with van der Waals surface area (Å²) in [6.07, 6.45) is 1.81. The molecule has 0 aromatic heterocycles. The van der Waals surface area contributed by atoms with Crippen LogP contribution in [0.15, 0.2) is 53.9 Å². The van der Waals surface area contributed by atoms with Crippen LogP contribution < -0.4 is 20.4 Å². The summed E-state index contributed by atoms with van der Waals surface area (Å²) in [7, 11) is 3.62. The van der Waals surface area contributed by atoms with Gasteiger partial charge in [-0.2, -0.15) is 5.26 Å². The standard InChI is InChI=1S/C26H27N5O3/c1-16-8-9-17(25(34)28-18-10-11-18)14-20(16)29-24(33)13-12-23(32)19(15-27)26-30(2)21-6-4-5-7-22(21)31(26)3/h4-9,14,18H,10-13H2,1-3H3,(H,28,34)(H,29,33). The molecule has 2 N–H and O–H groups in total. The summed E-state index contributed by atoms with van der Waals surface area (Å²) < 4.78 is 0. The first-order chi connectivity index (χ1) is 16.3. The molecule has 1 heterocycles. The van der Waals surface area contributed by atoms with Gasteiger partial charge in [0.1, 0.15) is 17.5 Å². The summed E-state index contributed by atoms with van der Waals surface area (Å²) in [5.74, 6) is -0.410. The fraction of sp³-hybridized carbons (Fsp3) is 0.308. The van der Waals surface area contributed by atoms with Gasteiger partial charge in [0.05, 0.1) is 11.4 Å². The molecule has 0 spiro atoms. The van der Waals surface area contributed by atoms with Crippen LogP contribution >= 0.6 is 0 Å². The molecule has 0 unspecified atom stereocenters. The second-order valence-electron chi connectivity index (χ2n) is 8.67. The van der Waals surface area contributed by atoms with Gasteiger partial charge in [0.15, 0.2) is 5.78 Å². The highest BCUT2D eigenvalue weighted by Gasteiger charge is 2.31. The molecular weight excluding hydrogens is 430 g/mol. The molecule has 1 aliphatic heterocycles. The summed E-state index contributed by atoms with van der Waals surface area (Å²) in [5.41, 5.74) is 3.65. The summed E-state index contributed by atoms with van der Waals surface area (Å²) in [6, 6.07) is 15.1. The smallest absolute Gasteiger partial charge is 0.251 e. The first-order valence-electron chi connectivity index (χ1n) is 11.3. The molecule has 8 heteroatoms. The first kappa shape index (κ1) is 23.1. The van der Waals surface area contributed by atoms with Gasteiger partial charge in [-0.15, -0.1) is 0 Å². The second kappa shape index (κ2) is 9.40. The SMILES string of the molecule is Cc1ccc(C(=O)NC2CC2)cc1NC(=O)CCC(=O)C(C#N)=C1N(C)c2ccccc2N1C. The van der Waals surface area contributed by atoms with Crippen molar-refractivity contribution in [1.82, 2.24) is 5.32 Å². The van der Waals surface area contributed by atoms with E-state index < -0.39 is 5.78 Å². The van der Waals surface area contributed by atoms with Crippen molar-refractivity contribution in [1.29, 1.82) is 5.26 Å². The number of nitrogens with one attached hydrogen (secondary N) is 2. The summed E-state index contributed by atoms with van der Waals surface area (Å²) in [4.78, 5) is 41.4. The number of carbonyl (C=O) groups is 3. The lowest BCUT2D eigenvalue weighted by Crippen LogP contribution is -2.26. The molecule has 1 fully saturated rings. The molecule has 0 radical (unpaired) electrons. The summed E-state index contributed by atoms with van der Waals surface area (Å²) in [5, 5.41) is 15.5. The number of amides is 2. The number of rotatable bonds is 7. The lowest BCUT2D eigenvalue weighted by molar-refractivity contribution is -0.120. The van der Waals surface area contributed by atoms with Crippen molar-refractivity contribution in [3.05, 3.63) is 65.0 Å². The second-order valence-corrected chi connectivity index (χ2v) is 8.67. The minimum absolute atomic E-state index is 0.0175. The number of carbonyl (C=O) groups excluding carboxylic acids is 3. The average molecular weight is 458 g/mol. The summed E-state index contributed by atoms with van der Waals surface area (Å²) >= 11 is 0. The molecule has 34 heavy (non-hydrogen) atoms. The van der Waals surface area contributed by atoms with Gasteiger partial charge < -0.3 is 20.4 Å². The van der Waals surface area contributed by atoms with E-state index in [0.717, 1.165) is 29.8 Å². The fourth-order valence-electron chi connectivity index (χ4n) is 4.02. The molecule has 0 bridgehead atoms. The highest BCUT2D eigenvalue weighted by Crippen LogP contribution is 2.40. The van der Waals surface area contributed by atoms with Crippen LogP contribution in [0.4, 0.5) is 17.1 Å². The third-order valence-electron chi connectivity index (χ3n) is 6.12. The van der Waals surface area contributed by atoms with Crippen LogP contribution in [-0.4, -0.2) is 37.7 Å². The Balaban J connectivity index is 1.42. The topological polar surface area (TPSA) is 106 Å². The molecule has 1 saturated carbocycles. The zero-order valence-corrected chi connectivity index (χ0v) is 19.5. The van der Waals surface area contributed by atoms with Gasteiger partial charge in [-0.25, -0.2) is 0 Å². The van der Waals surface area contributed by atoms with Gasteiger partial charge in [0, 0.05) is 44.2 Å². The number of allylic oxidation sites excluding steroid dienone is 1. The quantitative estimate of drug-likeness (QED) is 0.487. The van der Waals surface area contributed by atoms with Crippen LogP contribution in [0.1, 0.15) is 41.6 Å². The molecule has 2 aliphatic rings. The zero-order chi connectivity index (χ0) is 24.4. The van der Waals surface area contributed by atoms with Gasteiger partial charge in [0.25, 0.3) is 5.91 Å². The highest BCUT2D eigenvalue weighted by molar-refractivity contribution is 6.05. The number of aryl methyl sites for hydroxylation is 1. The van der Waals surface area contributed by atoms with Crippen molar-refractivity contribution in [3.8, 4) is 6.07 Å². The number of Topliss-reactive ketones (excluding diaryl/α,β-unsaturated/α-hetero) is 1. The summed E-state index contributed by atoms with van der Waals surface area (Å²) in [6.45, 7) is 1.84.